The number of benzene rings is 1. The molecule has 1 aromatic carbocycles. The molecule has 118 valence electrons. The van der Waals surface area contributed by atoms with Crippen molar-refractivity contribution in [2.24, 2.45) is 5.73 Å². The zero-order valence-electron chi connectivity index (χ0n) is 13.1. The van der Waals surface area contributed by atoms with Crippen LogP contribution in [0.1, 0.15) is 45.2 Å². The van der Waals surface area contributed by atoms with Gasteiger partial charge in [0.15, 0.2) is 0 Å². The van der Waals surface area contributed by atoms with Crippen molar-refractivity contribution in [3.05, 3.63) is 29.3 Å². The van der Waals surface area contributed by atoms with Crippen LogP contribution in [0.2, 0.25) is 0 Å². The molecule has 0 saturated carbocycles. The zero-order valence-corrected chi connectivity index (χ0v) is 13.9. The Kier molecular flexibility index (Phi) is 5.53. The summed E-state index contributed by atoms with van der Waals surface area (Å²) in [5.74, 6) is -0.543. The Balaban J connectivity index is 3.11. The van der Waals surface area contributed by atoms with Crippen LogP contribution in [0.5, 0.6) is 0 Å². The van der Waals surface area contributed by atoms with Crippen LogP contribution >= 0.6 is 0 Å². The summed E-state index contributed by atoms with van der Waals surface area (Å²) in [6, 6.07) is 5.14. The average molecular weight is 312 g/mol. The molecule has 21 heavy (non-hydrogen) atoms. The second-order valence-electron chi connectivity index (χ2n) is 5.77. The average Bonchev–Trinajstić information content (AvgIpc) is 2.34. The molecule has 5 nitrogen and oxygen atoms in total. The fourth-order valence-electron chi connectivity index (χ4n) is 2.34. The Morgan fingerprint density at radius 1 is 1.19 bits per heavy atom. The molecule has 0 fully saturated rings. The molecule has 1 aromatic rings. The molecule has 6 heteroatoms. The van der Waals surface area contributed by atoms with Gasteiger partial charge in [-0.25, -0.2) is 13.1 Å². The van der Waals surface area contributed by atoms with Crippen molar-refractivity contribution in [2.75, 3.05) is 0 Å². The quantitative estimate of drug-likeness (QED) is 0.803. The Morgan fingerprint density at radius 3 is 2.24 bits per heavy atom. The van der Waals surface area contributed by atoms with Crippen LogP contribution in [0.3, 0.4) is 0 Å². The summed E-state index contributed by atoms with van der Waals surface area (Å²) in [6.07, 6.45) is 1.58. The molecule has 0 aliphatic heterocycles. The fraction of sp³-hybridized carbons (Fsp3) is 0.533. The van der Waals surface area contributed by atoms with Gasteiger partial charge in [0.05, 0.1) is 4.90 Å². The van der Waals surface area contributed by atoms with Crippen molar-refractivity contribution < 1.29 is 13.2 Å². The highest BCUT2D eigenvalue weighted by Gasteiger charge is 2.28. The normalized spacial score (nSPS) is 12.4. The number of nitrogens with two attached hydrogens (primary N) is 1. The highest BCUT2D eigenvalue weighted by molar-refractivity contribution is 7.89. The van der Waals surface area contributed by atoms with Crippen molar-refractivity contribution in [1.29, 1.82) is 0 Å². The van der Waals surface area contributed by atoms with Gasteiger partial charge in [0.2, 0.25) is 15.9 Å². The molecule has 0 unspecified atom stereocenters. The van der Waals surface area contributed by atoms with Crippen molar-refractivity contribution >= 4 is 15.9 Å². The lowest BCUT2D eigenvalue weighted by Gasteiger charge is -2.24. The summed E-state index contributed by atoms with van der Waals surface area (Å²) in [5, 5.41) is 0. The van der Waals surface area contributed by atoms with Crippen LogP contribution in [-0.2, 0) is 27.7 Å². The number of carbonyl (C=O) groups excluding carboxylic acids is 1. The zero-order chi connectivity index (χ0) is 16.3. The third-order valence-corrected chi connectivity index (χ3v) is 4.97. The van der Waals surface area contributed by atoms with Gasteiger partial charge in [-0.1, -0.05) is 19.9 Å². The Bertz CT molecular complexity index is 622. The lowest BCUT2D eigenvalue weighted by molar-refractivity contribution is -0.119. The fourth-order valence-corrected chi connectivity index (χ4v) is 3.80. The van der Waals surface area contributed by atoms with Crippen LogP contribution < -0.4 is 10.5 Å². The number of amides is 1. The molecule has 3 N–H and O–H groups in total. The molecule has 0 saturated heterocycles. The predicted octanol–water partition coefficient (Wildman–Crippen LogP) is 1.74. The number of hydrogen-bond donors (Lipinski definition) is 2. The van der Waals surface area contributed by atoms with Crippen LogP contribution in [0.4, 0.5) is 0 Å². The molecule has 1 rings (SSSR count). The van der Waals surface area contributed by atoms with Crippen LogP contribution in [-0.4, -0.2) is 19.9 Å². The minimum absolute atomic E-state index is 0.0556. The molecule has 0 spiro atoms. The molecular formula is C15H24N2O3S. The number of rotatable bonds is 7. The van der Waals surface area contributed by atoms with E-state index in [-0.39, 0.29) is 11.3 Å². The Labute approximate surface area is 127 Å². The van der Waals surface area contributed by atoms with Crippen molar-refractivity contribution in [3.8, 4) is 0 Å². The number of sulfonamides is 1. The molecule has 0 aromatic heterocycles. The number of primary amides is 1. The van der Waals surface area contributed by atoms with E-state index in [4.69, 9.17) is 5.73 Å². The lowest BCUT2D eigenvalue weighted by atomic mass is 10.0. The maximum Gasteiger partial charge on any atom is 0.241 e. The van der Waals surface area contributed by atoms with Crippen molar-refractivity contribution in [1.82, 2.24) is 4.72 Å². The first kappa shape index (κ1) is 17.7. The van der Waals surface area contributed by atoms with Crippen LogP contribution in [0.15, 0.2) is 23.1 Å². The van der Waals surface area contributed by atoms with Crippen molar-refractivity contribution in [2.45, 2.75) is 57.4 Å². The highest BCUT2D eigenvalue weighted by atomic mass is 32.2. The summed E-state index contributed by atoms with van der Waals surface area (Å²) in [6.45, 7) is 7.30. The third kappa shape index (κ3) is 4.82. The van der Waals surface area contributed by atoms with E-state index in [0.717, 1.165) is 24.0 Å². The third-order valence-electron chi connectivity index (χ3n) is 3.28. The van der Waals surface area contributed by atoms with Gasteiger partial charge >= 0.3 is 0 Å². The minimum Gasteiger partial charge on any atom is -0.370 e. The smallest absolute Gasteiger partial charge is 0.241 e. The maximum absolute atomic E-state index is 12.4. The summed E-state index contributed by atoms with van der Waals surface area (Å²) < 4.78 is 27.4. The molecule has 0 atom stereocenters. The second kappa shape index (κ2) is 6.58. The van der Waals surface area contributed by atoms with Gasteiger partial charge in [-0.3, -0.25) is 4.79 Å². The Hall–Kier alpha value is -1.40. The summed E-state index contributed by atoms with van der Waals surface area (Å²) in [4.78, 5) is 11.2. The number of hydrogen-bond acceptors (Lipinski definition) is 3. The maximum atomic E-state index is 12.4. The van der Waals surface area contributed by atoms with Gasteiger partial charge < -0.3 is 5.73 Å². The molecule has 1 amide bonds. The van der Waals surface area contributed by atoms with E-state index >= 15 is 0 Å². The number of nitrogens with one attached hydrogen (secondary N) is 1. The van der Waals surface area contributed by atoms with Crippen LogP contribution in [0.25, 0.3) is 0 Å². The number of carbonyl (C=O) groups is 1. The lowest BCUT2D eigenvalue weighted by Crippen LogP contribution is -2.45. The summed E-state index contributed by atoms with van der Waals surface area (Å²) in [7, 11) is -3.68. The van der Waals surface area contributed by atoms with Gasteiger partial charge in [0.25, 0.3) is 0 Å². The number of aryl methyl sites for hydroxylation is 2. The van der Waals surface area contributed by atoms with Gasteiger partial charge in [-0.2, -0.15) is 0 Å². The van der Waals surface area contributed by atoms with Gasteiger partial charge in [0, 0.05) is 12.0 Å². The van der Waals surface area contributed by atoms with Gasteiger partial charge in [0.1, 0.15) is 0 Å². The highest BCUT2D eigenvalue weighted by Crippen LogP contribution is 2.20. The van der Waals surface area contributed by atoms with E-state index in [9.17, 15) is 13.2 Å². The largest absolute Gasteiger partial charge is 0.370 e. The molecule has 0 radical (unpaired) electrons. The Morgan fingerprint density at radius 2 is 1.76 bits per heavy atom. The van der Waals surface area contributed by atoms with Crippen molar-refractivity contribution in [3.63, 3.8) is 0 Å². The van der Waals surface area contributed by atoms with E-state index < -0.39 is 21.5 Å². The topological polar surface area (TPSA) is 89.3 Å². The first-order valence-electron chi connectivity index (χ1n) is 7.05. The first-order valence-corrected chi connectivity index (χ1v) is 8.53. The van der Waals surface area contributed by atoms with Crippen LogP contribution in [0, 0.1) is 0 Å². The van der Waals surface area contributed by atoms with E-state index in [0.29, 0.717) is 0 Å². The SMILES string of the molecule is CCc1ccc(S(=O)(=O)NC(C)(C)CC(N)=O)cc1CC. The standard InChI is InChI=1S/C15H24N2O3S/c1-5-11-7-8-13(9-12(11)6-2)21(19,20)17-15(3,4)10-14(16)18/h7-9,17H,5-6,10H2,1-4H3,(H2,16,18). The molecular weight excluding hydrogens is 288 g/mol. The predicted molar refractivity (Wildman–Crippen MR) is 83.4 cm³/mol. The van der Waals surface area contributed by atoms with Gasteiger partial charge in [-0.15, -0.1) is 0 Å². The second-order valence-corrected chi connectivity index (χ2v) is 7.45. The monoisotopic (exact) mass is 312 g/mol. The molecule has 0 bridgehead atoms. The summed E-state index contributed by atoms with van der Waals surface area (Å²) >= 11 is 0. The summed E-state index contributed by atoms with van der Waals surface area (Å²) in [5.41, 5.74) is 6.40. The minimum atomic E-state index is -3.68. The van der Waals surface area contributed by atoms with E-state index in [2.05, 4.69) is 4.72 Å². The van der Waals surface area contributed by atoms with Gasteiger partial charge in [-0.05, 0) is 49.9 Å². The molecule has 0 aliphatic carbocycles. The van der Waals surface area contributed by atoms with E-state index in [1.165, 1.54) is 0 Å². The molecule has 0 aliphatic rings. The first-order chi connectivity index (χ1) is 9.61. The molecule has 0 heterocycles. The van der Waals surface area contributed by atoms with E-state index in [1.54, 1.807) is 26.0 Å². The van der Waals surface area contributed by atoms with E-state index in [1.807, 2.05) is 19.9 Å².